The zero-order valence-corrected chi connectivity index (χ0v) is 13.5. The summed E-state index contributed by atoms with van der Waals surface area (Å²) >= 11 is 6.81. The normalized spacial score (nSPS) is 10.7. The Hall–Kier alpha value is -1.59. The average molecular weight is 394 g/mol. The first-order valence-corrected chi connectivity index (χ1v) is 7.50. The Morgan fingerprint density at radius 3 is 2.50 bits per heavy atom. The third-order valence-corrected chi connectivity index (χ3v) is 3.90. The number of hydrogen-bond donors (Lipinski definition) is 1. The van der Waals surface area contributed by atoms with Gasteiger partial charge in [0.15, 0.2) is 0 Å². The van der Waals surface area contributed by atoms with E-state index in [2.05, 4.69) is 36.8 Å². The van der Waals surface area contributed by atoms with Crippen LogP contribution in [-0.2, 0) is 0 Å². The molecule has 0 bridgehead atoms. The van der Waals surface area contributed by atoms with E-state index in [1.54, 1.807) is 6.20 Å². The summed E-state index contributed by atoms with van der Waals surface area (Å²) in [6.07, 6.45) is 1.69. The number of hydrogen-bond acceptors (Lipinski definition) is 3. The van der Waals surface area contributed by atoms with E-state index in [9.17, 15) is 0 Å². The number of anilines is 1. The molecular formula is C15H10Br2N2O. The number of rotatable bonds is 2. The summed E-state index contributed by atoms with van der Waals surface area (Å²) in [5.41, 5.74) is 6.71. The minimum atomic E-state index is 0.517. The Kier molecular flexibility index (Phi) is 3.63. The van der Waals surface area contributed by atoms with Gasteiger partial charge < -0.3 is 10.5 Å². The summed E-state index contributed by atoms with van der Waals surface area (Å²) in [5, 5.41) is 1.93. The minimum Gasteiger partial charge on any atom is -0.437 e. The van der Waals surface area contributed by atoms with E-state index in [0.29, 0.717) is 5.88 Å². The summed E-state index contributed by atoms with van der Waals surface area (Å²) in [7, 11) is 0. The van der Waals surface area contributed by atoms with Gasteiger partial charge in [-0.2, -0.15) is 0 Å². The highest BCUT2D eigenvalue weighted by molar-refractivity contribution is 9.11. The number of ether oxygens (including phenoxy) is 1. The Labute approximate surface area is 133 Å². The molecule has 2 aromatic carbocycles. The summed E-state index contributed by atoms with van der Waals surface area (Å²) in [4.78, 5) is 4.26. The molecule has 20 heavy (non-hydrogen) atoms. The van der Waals surface area contributed by atoms with Crippen molar-refractivity contribution in [1.29, 1.82) is 0 Å². The van der Waals surface area contributed by atoms with Gasteiger partial charge in [-0.1, -0.05) is 24.3 Å². The zero-order chi connectivity index (χ0) is 14.1. The lowest BCUT2D eigenvalue weighted by Gasteiger charge is -2.11. The van der Waals surface area contributed by atoms with Crippen molar-refractivity contribution >= 4 is 48.3 Å². The minimum absolute atomic E-state index is 0.517. The van der Waals surface area contributed by atoms with Crippen molar-refractivity contribution in [2.45, 2.75) is 0 Å². The Bertz CT molecular complexity index is 790. The maximum Gasteiger partial charge on any atom is 0.233 e. The molecule has 0 aliphatic carbocycles. The Balaban J connectivity index is 2.09. The maximum absolute atomic E-state index is 5.98. The molecule has 0 atom stereocenters. The quantitative estimate of drug-likeness (QED) is 0.613. The van der Waals surface area contributed by atoms with E-state index in [1.807, 2.05) is 42.5 Å². The van der Waals surface area contributed by atoms with Crippen LogP contribution in [0.5, 0.6) is 11.6 Å². The Morgan fingerprint density at radius 1 is 1.00 bits per heavy atom. The summed E-state index contributed by atoms with van der Waals surface area (Å²) < 4.78 is 7.57. The second kappa shape index (κ2) is 5.42. The lowest BCUT2D eigenvalue weighted by Crippen LogP contribution is -1.92. The highest BCUT2D eigenvalue weighted by Crippen LogP contribution is 2.35. The van der Waals surface area contributed by atoms with Crippen molar-refractivity contribution in [2.24, 2.45) is 0 Å². The van der Waals surface area contributed by atoms with E-state index < -0.39 is 0 Å². The fraction of sp³-hybridized carbons (Fsp3) is 0. The van der Waals surface area contributed by atoms with Crippen molar-refractivity contribution in [3.8, 4) is 11.6 Å². The van der Waals surface area contributed by atoms with Crippen LogP contribution in [0.25, 0.3) is 10.8 Å². The van der Waals surface area contributed by atoms with Crippen LogP contribution in [-0.4, -0.2) is 4.98 Å². The van der Waals surface area contributed by atoms with Crippen LogP contribution in [0.15, 0.2) is 57.6 Å². The molecule has 0 fully saturated rings. The van der Waals surface area contributed by atoms with E-state index in [4.69, 9.17) is 10.5 Å². The predicted molar refractivity (Wildman–Crippen MR) is 88.1 cm³/mol. The van der Waals surface area contributed by atoms with E-state index in [0.717, 1.165) is 31.2 Å². The maximum atomic E-state index is 5.98. The summed E-state index contributed by atoms with van der Waals surface area (Å²) in [6, 6.07) is 13.4. The van der Waals surface area contributed by atoms with Gasteiger partial charge in [-0.05, 0) is 50.1 Å². The number of aromatic nitrogens is 1. The number of nitrogen functional groups attached to an aromatic ring is 1. The van der Waals surface area contributed by atoms with Crippen LogP contribution in [0.2, 0.25) is 0 Å². The van der Waals surface area contributed by atoms with Crippen LogP contribution in [0.4, 0.5) is 5.69 Å². The van der Waals surface area contributed by atoms with Gasteiger partial charge >= 0.3 is 0 Å². The average Bonchev–Trinajstić information content (AvgIpc) is 2.45. The number of nitrogens with two attached hydrogens (primary N) is 1. The van der Waals surface area contributed by atoms with Gasteiger partial charge in [-0.15, -0.1) is 0 Å². The number of pyridine rings is 1. The number of benzene rings is 2. The van der Waals surface area contributed by atoms with E-state index in [-0.39, 0.29) is 0 Å². The standard InChI is InChI=1S/C15H10Br2N2O/c16-9-7-12(17)15(19-8-9)20-14-6-5-13(18)10-3-1-2-4-11(10)14/h1-8H,18H2. The predicted octanol–water partition coefficient (Wildman–Crippen LogP) is 5.13. The van der Waals surface area contributed by atoms with Gasteiger partial charge in [0.1, 0.15) is 5.75 Å². The lowest BCUT2D eigenvalue weighted by atomic mass is 10.1. The fourth-order valence-electron chi connectivity index (χ4n) is 1.97. The molecule has 0 aliphatic rings. The first-order valence-electron chi connectivity index (χ1n) is 5.91. The molecule has 0 saturated carbocycles. The Morgan fingerprint density at radius 2 is 1.75 bits per heavy atom. The molecule has 100 valence electrons. The van der Waals surface area contributed by atoms with Crippen LogP contribution in [0.3, 0.4) is 0 Å². The third-order valence-electron chi connectivity index (χ3n) is 2.90. The molecule has 0 spiro atoms. The zero-order valence-electron chi connectivity index (χ0n) is 10.3. The fourth-order valence-corrected chi connectivity index (χ4v) is 3.03. The first-order chi connectivity index (χ1) is 9.65. The third kappa shape index (κ3) is 2.51. The number of fused-ring (bicyclic) bond motifs is 1. The molecule has 1 aromatic heterocycles. The second-order valence-electron chi connectivity index (χ2n) is 4.24. The second-order valence-corrected chi connectivity index (χ2v) is 6.01. The summed E-state index contributed by atoms with van der Waals surface area (Å²) in [5.74, 6) is 1.24. The van der Waals surface area contributed by atoms with Crippen LogP contribution in [0, 0.1) is 0 Å². The van der Waals surface area contributed by atoms with Crippen LogP contribution >= 0.6 is 31.9 Å². The molecule has 0 unspecified atom stereocenters. The van der Waals surface area contributed by atoms with Crippen LogP contribution < -0.4 is 10.5 Å². The summed E-state index contributed by atoms with van der Waals surface area (Å²) in [6.45, 7) is 0. The first kappa shape index (κ1) is 13.4. The smallest absolute Gasteiger partial charge is 0.233 e. The SMILES string of the molecule is Nc1ccc(Oc2ncc(Br)cc2Br)c2ccccc12. The van der Waals surface area contributed by atoms with Crippen molar-refractivity contribution in [2.75, 3.05) is 5.73 Å². The van der Waals surface area contributed by atoms with Gasteiger partial charge in [0, 0.05) is 27.1 Å². The highest BCUT2D eigenvalue weighted by atomic mass is 79.9. The molecule has 1 heterocycles. The molecule has 3 aromatic rings. The van der Waals surface area contributed by atoms with Gasteiger partial charge in [0.2, 0.25) is 5.88 Å². The van der Waals surface area contributed by atoms with Crippen molar-refractivity contribution < 1.29 is 4.74 Å². The van der Waals surface area contributed by atoms with Gasteiger partial charge in [-0.25, -0.2) is 4.98 Å². The molecule has 0 saturated heterocycles. The van der Waals surface area contributed by atoms with Gasteiger partial charge in [-0.3, -0.25) is 0 Å². The van der Waals surface area contributed by atoms with E-state index >= 15 is 0 Å². The van der Waals surface area contributed by atoms with Crippen molar-refractivity contribution in [1.82, 2.24) is 4.98 Å². The molecule has 0 amide bonds. The lowest BCUT2D eigenvalue weighted by molar-refractivity contribution is 0.464. The van der Waals surface area contributed by atoms with Crippen LogP contribution in [0.1, 0.15) is 0 Å². The molecule has 5 heteroatoms. The highest BCUT2D eigenvalue weighted by Gasteiger charge is 2.09. The molecule has 3 rings (SSSR count). The molecular weight excluding hydrogens is 384 g/mol. The van der Waals surface area contributed by atoms with Gasteiger partial charge in [0.25, 0.3) is 0 Å². The molecule has 3 nitrogen and oxygen atoms in total. The van der Waals surface area contributed by atoms with E-state index in [1.165, 1.54) is 0 Å². The molecule has 2 N–H and O–H groups in total. The topological polar surface area (TPSA) is 48.1 Å². The van der Waals surface area contributed by atoms with Crippen molar-refractivity contribution in [3.05, 3.63) is 57.6 Å². The number of halogens is 2. The number of nitrogens with zero attached hydrogens (tertiary/aromatic N) is 1. The monoisotopic (exact) mass is 392 g/mol. The largest absolute Gasteiger partial charge is 0.437 e. The van der Waals surface area contributed by atoms with Crippen molar-refractivity contribution in [3.63, 3.8) is 0 Å². The van der Waals surface area contributed by atoms with Gasteiger partial charge in [0.05, 0.1) is 4.47 Å². The molecule has 0 aliphatic heterocycles. The molecule has 0 radical (unpaired) electrons.